The highest BCUT2D eigenvalue weighted by Crippen LogP contribution is 2.59. The number of carbonyl (C=O) groups excluding carboxylic acids is 2. The van der Waals surface area contributed by atoms with E-state index in [2.05, 4.69) is 20.8 Å². The van der Waals surface area contributed by atoms with Crippen LogP contribution in [0.25, 0.3) is 0 Å². The summed E-state index contributed by atoms with van der Waals surface area (Å²) in [6.45, 7) is 8.65. The Kier molecular flexibility index (Phi) is 3.83. The van der Waals surface area contributed by atoms with Crippen molar-refractivity contribution in [1.82, 2.24) is 0 Å². The molecule has 0 radical (unpaired) electrons. The van der Waals surface area contributed by atoms with Gasteiger partial charge in [0.1, 0.15) is 0 Å². The average molecular weight is 278 g/mol. The molecule has 0 heterocycles. The van der Waals surface area contributed by atoms with E-state index in [9.17, 15) is 9.59 Å². The van der Waals surface area contributed by atoms with Crippen molar-refractivity contribution in [3.63, 3.8) is 0 Å². The maximum atomic E-state index is 12.3. The van der Waals surface area contributed by atoms with Crippen LogP contribution < -0.4 is 0 Å². The van der Waals surface area contributed by atoms with Crippen molar-refractivity contribution in [2.75, 3.05) is 7.11 Å². The maximum Gasteiger partial charge on any atom is 0.309 e. The SMILES string of the molecule is COC(=O)CC1=C(C)C(=O)C[C@@H]2C(C)(C)CCC[C@]12C. The summed E-state index contributed by atoms with van der Waals surface area (Å²) in [6.07, 6.45) is 4.27. The summed E-state index contributed by atoms with van der Waals surface area (Å²) in [4.78, 5) is 24.1. The number of carbonyl (C=O) groups is 2. The van der Waals surface area contributed by atoms with Crippen molar-refractivity contribution >= 4 is 11.8 Å². The Morgan fingerprint density at radius 2 is 1.95 bits per heavy atom. The summed E-state index contributed by atoms with van der Waals surface area (Å²) >= 11 is 0. The minimum atomic E-state index is -0.239. The Hall–Kier alpha value is -1.12. The maximum absolute atomic E-state index is 12.3. The summed E-state index contributed by atoms with van der Waals surface area (Å²) < 4.78 is 4.83. The van der Waals surface area contributed by atoms with Gasteiger partial charge in [0, 0.05) is 6.42 Å². The number of fused-ring (bicyclic) bond motifs is 1. The van der Waals surface area contributed by atoms with Crippen LogP contribution in [-0.2, 0) is 14.3 Å². The number of ketones is 1. The molecule has 0 amide bonds. The topological polar surface area (TPSA) is 43.4 Å². The standard InChI is InChI=1S/C17H26O3/c1-11-12(9-15(19)20-5)17(4)8-6-7-16(2,3)14(17)10-13(11)18/h14H,6-10H2,1-5H3/t14-,17-/m1/s1. The van der Waals surface area contributed by atoms with Gasteiger partial charge in [-0.3, -0.25) is 9.59 Å². The van der Waals surface area contributed by atoms with Crippen LogP contribution in [0.1, 0.15) is 59.8 Å². The fourth-order valence-electron chi connectivity index (χ4n) is 4.47. The van der Waals surface area contributed by atoms with E-state index < -0.39 is 0 Å². The van der Waals surface area contributed by atoms with Crippen molar-refractivity contribution in [2.45, 2.75) is 59.8 Å². The van der Waals surface area contributed by atoms with Gasteiger partial charge >= 0.3 is 5.97 Å². The van der Waals surface area contributed by atoms with E-state index in [0.29, 0.717) is 12.3 Å². The molecule has 0 aromatic carbocycles. The van der Waals surface area contributed by atoms with Crippen LogP contribution in [-0.4, -0.2) is 18.9 Å². The number of Topliss-reactive ketones (excluding diaryl/α,β-unsaturated/α-hetero) is 1. The van der Waals surface area contributed by atoms with E-state index >= 15 is 0 Å². The summed E-state index contributed by atoms with van der Waals surface area (Å²) in [5, 5.41) is 0. The first-order valence-electron chi connectivity index (χ1n) is 7.52. The average Bonchev–Trinajstić information content (AvgIpc) is 2.37. The Balaban J connectivity index is 2.47. The highest BCUT2D eigenvalue weighted by atomic mass is 16.5. The van der Waals surface area contributed by atoms with Gasteiger partial charge in [-0.25, -0.2) is 0 Å². The predicted octanol–water partition coefficient (Wildman–Crippen LogP) is 3.67. The number of hydrogen-bond acceptors (Lipinski definition) is 3. The van der Waals surface area contributed by atoms with Gasteiger partial charge in [0.15, 0.2) is 5.78 Å². The molecular formula is C17H26O3. The van der Waals surface area contributed by atoms with E-state index in [1.807, 2.05) is 6.92 Å². The van der Waals surface area contributed by atoms with Crippen LogP contribution in [0.5, 0.6) is 0 Å². The predicted molar refractivity (Wildman–Crippen MR) is 78.2 cm³/mol. The van der Waals surface area contributed by atoms with Crippen molar-refractivity contribution in [2.24, 2.45) is 16.7 Å². The van der Waals surface area contributed by atoms with Gasteiger partial charge in [-0.2, -0.15) is 0 Å². The molecule has 20 heavy (non-hydrogen) atoms. The quantitative estimate of drug-likeness (QED) is 0.724. The van der Waals surface area contributed by atoms with E-state index in [1.165, 1.54) is 7.11 Å². The van der Waals surface area contributed by atoms with Crippen LogP contribution in [0, 0.1) is 16.7 Å². The number of hydrogen-bond donors (Lipinski definition) is 0. The number of methoxy groups -OCH3 is 1. The van der Waals surface area contributed by atoms with Crippen molar-refractivity contribution in [3.05, 3.63) is 11.1 Å². The molecule has 0 unspecified atom stereocenters. The number of rotatable bonds is 2. The minimum Gasteiger partial charge on any atom is -0.469 e. The van der Waals surface area contributed by atoms with Crippen LogP contribution in [0.4, 0.5) is 0 Å². The highest BCUT2D eigenvalue weighted by molar-refractivity contribution is 5.98. The lowest BCUT2D eigenvalue weighted by molar-refractivity contribution is -0.140. The zero-order chi connectivity index (χ0) is 15.1. The molecule has 0 aromatic heterocycles. The van der Waals surface area contributed by atoms with Gasteiger partial charge in [-0.1, -0.05) is 27.2 Å². The first-order valence-corrected chi connectivity index (χ1v) is 7.52. The molecule has 0 N–H and O–H groups in total. The highest BCUT2D eigenvalue weighted by Gasteiger charge is 2.52. The summed E-state index contributed by atoms with van der Waals surface area (Å²) in [6, 6.07) is 0. The smallest absolute Gasteiger partial charge is 0.309 e. The second kappa shape index (κ2) is 5.01. The lowest BCUT2D eigenvalue weighted by Crippen LogP contribution is -2.47. The molecule has 3 heteroatoms. The first-order chi connectivity index (χ1) is 9.22. The van der Waals surface area contributed by atoms with Crippen LogP contribution in [0.15, 0.2) is 11.1 Å². The van der Waals surface area contributed by atoms with Gasteiger partial charge in [0.05, 0.1) is 13.5 Å². The third-order valence-electron chi connectivity index (χ3n) is 5.73. The zero-order valence-corrected chi connectivity index (χ0v) is 13.3. The number of esters is 1. The number of allylic oxidation sites excluding steroid dienone is 1. The van der Waals surface area contributed by atoms with Crippen LogP contribution in [0.2, 0.25) is 0 Å². The lowest BCUT2D eigenvalue weighted by Gasteiger charge is -2.54. The van der Waals surface area contributed by atoms with E-state index in [1.54, 1.807) is 0 Å². The first kappa shape index (κ1) is 15.3. The lowest BCUT2D eigenvalue weighted by atomic mass is 9.50. The van der Waals surface area contributed by atoms with Gasteiger partial charge in [0.25, 0.3) is 0 Å². The molecule has 1 saturated carbocycles. The van der Waals surface area contributed by atoms with Gasteiger partial charge in [-0.05, 0) is 47.7 Å². The summed E-state index contributed by atoms with van der Waals surface area (Å²) in [5.74, 6) is 0.304. The van der Waals surface area contributed by atoms with E-state index in [0.717, 1.165) is 30.4 Å². The normalized spacial score (nSPS) is 32.9. The molecule has 112 valence electrons. The van der Waals surface area contributed by atoms with Gasteiger partial charge < -0.3 is 4.74 Å². The minimum absolute atomic E-state index is 0.0338. The Morgan fingerprint density at radius 3 is 2.55 bits per heavy atom. The third kappa shape index (κ3) is 2.32. The molecule has 0 saturated heterocycles. The van der Waals surface area contributed by atoms with Crippen molar-refractivity contribution in [1.29, 1.82) is 0 Å². The Labute approximate surface area is 121 Å². The second-order valence-electron chi connectivity index (χ2n) is 7.30. The monoisotopic (exact) mass is 278 g/mol. The largest absolute Gasteiger partial charge is 0.469 e. The zero-order valence-electron chi connectivity index (χ0n) is 13.3. The van der Waals surface area contributed by atoms with Crippen LogP contribution >= 0.6 is 0 Å². The Bertz CT molecular complexity index is 473. The molecular weight excluding hydrogens is 252 g/mol. The van der Waals surface area contributed by atoms with Gasteiger partial charge in [-0.15, -0.1) is 0 Å². The molecule has 2 aliphatic carbocycles. The molecule has 0 aromatic rings. The Morgan fingerprint density at radius 1 is 1.30 bits per heavy atom. The second-order valence-corrected chi connectivity index (χ2v) is 7.30. The molecule has 2 atom stereocenters. The molecule has 0 aliphatic heterocycles. The van der Waals surface area contributed by atoms with E-state index in [4.69, 9.17) is 4.74 Å². The fourth-order valence-corrected chi connectivity index (χ4v) is 4.47. The summed E-state index contributed by atoms with van der Waals surface area (Å²) in [5.41, 5.74) is 1.95. The molecule has 0 spiro atoms. The molecule has 2 aliphatic rings. The van der Waals surface area contributed by atoms with Crippen molar-refractivity contribution < 1.29 is 14.3 Å². The summed E-state index contributed by atoms with van der Waals surface area (Å²) in [7, 11) is 1.41. The van der Waals surface area contributed by atoms with Crippen molar-refractivity contribution in [3.8, 4) is 0 Å². The third-order valence-corrected chi connectivity index (χ3v) is 5.73. The molecule has 3 nitrogen and oxygen atoms in total. The van der Waals surface area contributed by atoms with Crippen LogP contribution in [0.3, 0.4) is 0 Å². The fraction of sp³-hybridized carbons (Fsp3) is 0.765. The molecule has 2 rings (SSSR count). The number of ether oxygens (including phenoxy) is 1. The van der Waals surface area contributed by atoms with E-state index in [-0.39, 0.29) is 29.0 Å². The molecule has 0 bridgehead atoms. The molecule has 1 fully saturated rings. The van der Waals surface area contributed by atoms with Gasteiger partial charge in [0.2, 0.25) is 0 Å².